The Kier molecular flexibility index (Phi) is 4.90. The largest absolute Gasteiger partial charge is 0.271 e. The molecule has 2 rings (SSSR count). The van der Waals surface area contributed by atoms with Gasteiger partial charge in [-0.25, -0.2) is 8.42 Å². The van der Waals surface area contributed by atoms with E-state index in [1.54, 1.807) is 49.5 Å². The maximum absolute atomic E-state index is 12.2. The summed E-state index contributed by atoms with van der Waals surface area (Å²) in [5.74, 6) is -0.282. The van der Waals surface area contributed by atoms with E-state index >= 15 is 0 Å². The number of aromatic nitrogens is 1. The molecule has 4 nitrogen and oxygen atoms in total. The standard InChI is InChI=1S/C15H15BrN2O2S/c1-11-3-5-14(6-4-11)21(19,20)10-18-12(2)15-9-13(16)7-8-17-15/h3-9H,10H2,1-2H3/b18-12+. The molecule has 0 amide bonds. The normalized spacial score (nSPS) is 12.4. The van der Waals surface area contributed by atoms with Gasteiger partial charge in [-0.2, -0.15) is 0 Å². The molecular formula is C15H15BrN2O2S. The summed E-state index contributed by atoms with van der Waals surface area (Å²) in [5.41, 5.74) is 2.27. The topological polar surface area (TPSA) is 59.4 Å². The van der Waals surface area contributed by atoms with Gasteiger partial charge in [0.2, 0.25) is 0 Å². The SMILES string of the molecule is C/C(=N\CS(=O)(=O)c1ccc(C)cc1)c1cc(Br)ccn1. The fraction of sp³-hybridized carbons (Fsp3) is 0.200. The van der Waals surface area contributed by atoms with Crippen LogP contribution in [0.15, 0.2) is 57.0 Å². The summed E-state index contributed by atoms with van der Waals surface area (Å²) < 4.78 is 25.3. The fourth-order valence-corrected chi connectivity index (χ4v) is 3.08. The molecule has 0 spiro atoms. The van der Waals surface area contributed by atoms with Gasteiger partial charge >= 0.3 is 0 Å². The van der Waals surface area contributed by atoms with Crippen LogP contribution in [0, 0.1) is 6.92 Å². The van der Waals surface area contributed by atoms with E-state index in [1.165, 1.54) is 0 Å². The zero-order valence-electron chi connectivity index (χ0n) is 11.7. The molecule has 0 saturated heterocycles. The van der Waals surface area contributed by atoms with E-state index in [0.29, 0.717) is 11.4 Å². The monoisotopic (exact) mass is 366 g/mol. The second-order valence-corrected chi connectivity index (χ2v) is 7.53. The predicted molar refractivity (Wildman–Crippen MR) is 87.4 cm³/mol. The zero-order chi connectivity index (χ0) is 15.5. The van der Waals surface area contributed by atoms with Crippen molar-refractivity contribution in [2.75, 3.05) is 5.88 Å². The molecule has 0 aliphatic carbocycles. The van der Waals surface area contributed by atoms with E-state index in [9.17, 15) is 8.42 Å². The maximum atomic E-state index is 12.2. The number of hydrogen-bond donors (Lipinski definition) is 0. The van der Waals surface area contributed by atoms with Crippen LogP contribution in [0.1, 0.15) is 18.2 Å². The summed E-state index contributed by atoms with van der Waals surface area (Å²) in [6, 6.07) is 10.4. The van der Waals surface area contributed by atoms with Crippen molar-refractivity contribution in [3.63, 3.8) is 0 Å². The second kappa shape index (κ2) is 6.49. The highest BCUT2D eigenvalue weighted by atomic mass is 79.9. The van der Waals surface area contributed by atoms with Crippen LogP contribution in [-0.4, -0.2) is 25.0 Å². The van der Waals surface area contributed by atoms with Crippen LogP contribution in [0.2, 0.25) is 0 Å². The van der Waals surface area contributed by atoms with Crippen LogP contribution in [0.4, 0.5) is 0 Å². The number of nitrogens with zero attached hydrogens (tertiary/aromatic N) is 2. The highest BCUT2D eigenvalue weighted by molar-refractivity contribution is 9.10. The highest BCUT2D eigenvalue weighted by Gasteiger charge is 2.13. The van der Waals surface area contributed by atoms with Gasteiger partial charge in [0.15, 0.2) is 9.84 Å². The van der Waals surface area contributed by atoms with E-state index in [4.69, 9.17) is 0 Å². The molecular weight excluding hydrogens is 352 g/mol. The summed E-state index contributed by atoms with van der Waals surface area (Å²) in [7, 11) is -3.42. The smallest absolute Gasteiger partial charge is 0.198 e. The first kappa shape index (κ1) is 15.9. The lowest BCUT2D eigenvalue weighted by molar-refractivity contribution is 0.596. The van der Waals surface area contributed by atoms with E-state index in [-0.39, 0.29) is 10.8 Å². The zero-order valence-corrected chi connectivity index (χ0v) is 14.1. The van der Waals surface area contributed by atoms with Crippen LogP contribution in [0.25, 0.3) is 0 Å². The van der Waals surface area contributed by atoms with Gasteiger partial charge in [-0.15, -0.1) is 0 Å². The number of rotatable bonds is 4. The number of benzene rings is 1. The molecule has 1 heterocycles. The average molecular weight is 367 g/mol. The predicted octanol–water partition coefficient (Wildman–Crippen LogP) is 3.39. The molecule has 1 aromatic carbocycles. The summed E-state index contributed by atoms with van der Waals surface area (Å²) in [6.45, 7) is 3.66. The van der Waals surface area contributed by atoms with Crippen molar-refractivity contribution in [1.82, 2.24) is 4.98 Å². The molecule has 0 aliphatic rings. The number of hydrogen-bond acceptors (Lipinski definition) is 4. The molecule has 0 fully saturated rings. The van der Waals surface area contributed by atoms with Crippen molar-refractivity contribution < 1.29 is 8.42 Å². The number of sulfone groups is 1. The third-order valence-corrected chi connectivity index (χ3v) is 4.90. The van der Waals surface area contributed by atoms with Gasteiger partial charge in [0.05, 0.1) is 16.3 Å². The van der Waals surface area contributed by atoms with Crippen LogP contribution in [0.5, 0.6) is 0 Å². The molecule has 0 unspecified atom stereocenters. The molecule has 2 aromatic rings. The molecule has 0 aliphatic heterocycles. The average Bonchev–Trinajstić information content (AvgIpc) is 2.45. The molecule has 0 radical (unpaired) electrons. The van der Waals surface area contributed by atoms with E-state index < -0.39 is 9.84 Å². The Hall–Kier alpha value is -1.53. The number of aliphatic imine (C=N–C) groups is 1. The first-order valence-corrected chi connectivity index (χ1v) is 8.75. The minimum atomic E-state index is -3.42. The molecule has 1 aromatic heterocycles. The summed E-state index contributed by atoms with van der Waals surface area (Å²) in [5, 5.41) is 0. The van der Waals surface area contributed by atoms with Gasteiger partial charge in [-0.3, -0.25) is 9.98 Å². The van der Waals surface area contributed by atoms with Crippen molar-refractivity contribution in [2.45, 2.75) is 18.7 Å². The lowest BCUT2D eigenvalue weighted by Gasteiger charge is -2.04. The minimum absolute atomic E-state index is 0.282. The van der Waals surface area contributed by atoms with Crippen molar-refractivity contribution in [2.24, 2.45) is 4.99 Å². The Labute approximate surface area is 133 Å². The van der Waals surface area contributed by atoms with Gasteiger partial charge in [0.25, 0.3) is 0 Å². The van der Waals surface area contributed by atoms with Crippen LogP contribution in [0.3, 0.4) is 0 Å². The lowest BCUT2D eigenvalue weighted by atomic mass is 10.2. The Morgan fingerprint density at radius 3 is 2.52 bits per heavy atom. The molecule has 0 atom stereocenters. The molecule has 0 saturated carbocycles. The third-order valence-electron chi connectivity index (χ3n) is 2.94. The molecule has 0 bridgehead atoms. The van der Waals surface area contributed by atoms with Gasteiger partial charge in [-0.1, -0.05) is 33.6 Å². The summed E-state index contributed by atoms with van der Waals surface area (Å²) in [4.78, 5) is 8.60. The van der Waals surface area contributed by atoms with Crippen molar-refractivity contribution >= 4 is 31.5 Å². The summed E-state index contributed by atoms with van der Waals surface area (Å²) in [6.07, 6.45) is 1.65. The molecule has 110 valence electrons. The number of pyridine rings is 1. The van der Waals surface area contributed by atoms with Crippen molar-refractivity contribution in [3.8, 4) is 0 Å². The van der Waals surface area contributed by atoms with Crippen LogP contribution in [-0.2, 0) is 9.84 Å². The first-order chi connectivity index (χ1) is 9.88. The Bertz CT molecular complexity index is 769. The highest BCUT2D eigenvalue weighted by Crippen LogP contribution is 2.14. The van der Waals surface area contributed by atoms with Crippen molar-refractivity contribution in [1.29, 1.82) is 0 Å². The molecule has 6 heteroatoms. The van der Waals surface area contributed by atoms with Crippen molar-refractivity contribution in [3.05, 3.63) is 58.3 Å². The quantitative estimate of drug-likeness (QED) is 0.779. The second-order valence-electron chi connectivity index (χ2n) is 4.66. The fourth-order valence-electron chi connectivity index (χ4n) is 1.69. The Balaban J connectivity index is 2.21. The van der Waals surface area contributed by atoms with Gasteiger partial charge < -0.3 is 0 Å². The number of halogens is 1. The molecule has 0 N–H and O–H groups in total. The van der Waals surface area contributed by atoms with Gasteiger partial charge in [0.1, 0.15) is 5.88 Å². The van der Waals surface area contributed by atoms with Crippen LogP contribution < -0.4 is 0 Å². The van der Waals surface area contributed by atoms with Crippen LogP contribution >= 0.6 is 15.9 Å². The molecule has 21 heavy (non-hydrogen) atoms. The third kappa shape index (κ3) is 4.22. The van der Waals surface area contributed by atoms with E-state index in [0.717, 1.165) is 10.0 Å². The minimum Gasteiger partial charge on any atom is -0.271 e. The van der Waals surface area contributed by atoms with E-state index in [1.807, 2.05) is 6.92 Å². The summed E-state index contributed by atoms with van der Waals surface area (Å²) >= 11 is 3.35. The van der Waals surface area contributed by atoms with Gasteiger partial charge in [0, 0.05) is 10.7 Å². The lowest BCUT2D eigenvalue weighted by Crippen LogP contribution is -2.08. The van der Waals surface area contributed by atoms with E-state index in [2.05, 4.69) is 25.9 Å². The Morgan fingerprint density at radius 2 is 1.90 bits per heavy atom. The number of aryl methyl sites for hydroxylation is 1. The first-order valence-electron chi connectivity index (χ1n) is 6.31. The maximum Gasteiger partial charge on any atom is 0.198 e. The Morgan fingerprint density at radius 1 is 1.24 bits per heavy atom. The van der Waals surface area contributed by atoms with Gasteiger partial charge in [-0.05, 0) is 38.1 Å².